The molecular weight excluding hydrogens is 252 g/mol. The fraction of sp³-hybridized carbons (Fsp3) is 0.0667. The standard InChI is InChI=1S/C15H12N4O/c20-15-17-16-14-18(10-11-6-2-1-3-7-11)12-8-4-5-9-13(12)19(14)15/h1-9H,10H2,(H,17,20). The van der Waals surface area contributed by atoms with E-state index in [1.807, 2.05) is 47.0 Å². The minimum atomic E-state index is -0.206. The first-order valence-electron chi connectivity index (χ1n) is 6.43. The molecule has 5 heteroatoms. The van der Waals surface area contributed by atoms with Gasteiger partial charge in [-0.3, -0.25) is 0 Å². The summed E-state index contributed by atoms with van der Waals surface area (Å²) in [5.41, 5.74) is 2.84. The van der Waals surface area contributed by atoms with E-state index in [4.69, 9.17) is 0 Å². The Balaban J connectivity index is 2.03. The second-order valence-electron chi connectivity index (χ2n) is 4.72. The number of para-hydroxylation sites is 2. The lowest BCUT2D eigenvalue weighted by atomic mass is 10.2. The zero-order valence-corrected chi connectivity index (χ0v) is 10.7. The van der Waals surface area contributed by atoms with Crippen molar-refractivity contribution in [3.63, 3.8) is 0 Å². The third-order valence-corrected chi connectivity index (χ3v) is 3.49. The molecule has 0 saturated carbocycles. The first-order valence-corrected chi connectivity index (χ1v) is 6.43. The molecule has 0 aliphatic rings. The lowest BCUT2D eigenvalue weighted by Crippen LogP contribution is -2.08. The van der Waals surface area contributed by atoms with Crippen LogP contribution in [0, 0.1) is 0 Å². The fourth-order valence-corrected chi connectivity index (χ4v) is 2.60. The van der Waals surface area contributed by atoms with Gasteiger partial charge in [-0.2, -0.15) is 0 Å². The molecule has 0 amide bonds. The van der Waals surface area contributed by atoms with Crippen molar-refractivity contribution in [2.45, 2.75) is 6.54 Å². The van der Waals surface area contributed by atoms with Crippen LogP contribution in [-0.2, 0) is 6.54 Å². The molecule has 4 rings (SSSR count). The highest BCUT2D eigenvalue weighted by Crippen LogP contribution is 2.19. The molecule has 4 aromatic rings. The maximum Gasteiger partial charge on any atom is 0.349 e. The van der Waals surface area contributed by atoms with Crippen molar-refractivity contribution >= 4 is 16.8 Å². The number of imidazole rings is 1. The summed E-state index contributed by atoms with van der Waals surface area (Å²) in [6.07, 6.45) is 0. The van der Waals surface area contributed by atoms with E-state index >= 15 is 0 Å². The summed E-state index contributed by atoms with van der Waals surface area (Å²) in [6, 6.07) is 18.0. The Morgan fingerprint density at radius 1 is 0.950 bits per heavy atom. The molecule has 0 fully saturated rings. The van der Waals surface area contributed by atoms with Gasteiger partial charge in [-0.25, -0.2) is 14.3 Å². The molecule has 1 N–H and O–H groups in total. The number of hydrogen-bond donors (Lipinski definition) is 1. The average molecular weight is 264 g/mol. The van der Waals surface area contributed by atoms with Crippen molar-refractivity contribution in [1.82, 2.24) is 19.2 Å². The average Bonchev–Trinajstić information content (AvgIpc) is 3.01. The molecule has 0 spiro atoms. The molecule has 2 aromatic carbocycles. The number of aromatic nitrogens is 4. The molecule has 20 heavy (non-hydrogen) atoms. The summed E-state index contributed by atoms with van der Waals surface area (Å²) < 4.78 is 3.65. The Labute approximate surface area is 114 Å². The number of aromatic amines is 1. The van der Waals surface area contributed by atoms with Crippen molar-refractivity contribution in [1.29, 1.82) is 0 Å². The number of nitrogens with zero attached hydrogens (tertiary/aromatic N) is 3. The van der Waals surface area contributed by atoms with E-state index in [0.717, 1.165) is 11.0 Å². The van der Waals surface area contributed by atoms with Gasteiger partial charge in [-0.15, -0.1) is 5.10 Å². The van der Waals surface area contributed by atoms with Gasteiger partial charge < -0.3 is 4.57 Å². The van der Waals surface area contributed by atoms with E-state index < -0.39 is 0 Å². The molecule has 0 aliphatic carbocycles. The highest BCUT2D eigenvalue weighted by molar-refractivity contribution is 5.80. The Morgan fingerprint density at radius 3 is 2.45 bits per heavy atom. The molecule has 0 saturated heterocycles. The monoisotopic (exact) mass is 264 g/mol. The van der Waals surface area contributed by atoms with Gasteiger partial charge in [0.1, 0.15) is 0 Å². The number of fused-ring (bicyclic) bond motifs is 3. The largest absolute Gasteiger partial charge is 0.349 e. The van der Waals surface area contributed by atoms with Crippen molar-refractivity contribution in [2.24, 2.45) is 0 Å². The quantitative estimate of drug-likeness (QED) is 0.602. The van der Waals surface area contributed by atoms with E-state index in [-0.39, 0.29) is 5.69 Å². The second kappa shape index (κ2) is 4.09. The Hall–Kier alpha value is -2.82. The molecule has 2 aromatic heterocycles. The van der Waals surface area contributed by atoms with Gasteiger partial charge in [0.25, 0.3) is 0 Å². The van der Waals surface area contributed by atoms with E-state index in [1.54, 1.807) is 4.40 Å². The smallest absolute Gasteiger partial charge is 0.304 e. The molecule has 0 radical (unpaired) electrons. The van der Waals surface area contributed by atoms with E-state index in [2.05, 4.69) is 22.3 Å². The number of nitrogens with one attached hydrogen (secondary N) is 1. The van der Waals surface area contributed by atoms with Crippen molar-refractivity contribution < 1.29 is 0 Å². The first kappa shape index (κ1) is 11.0. The van der Waals surface area contributed by atoms with Crippen molar-refractivity contribution in [3.8, 4) is 0 Å². The van der Waals surface area contributed by atoms with Gasteiger partial charge in [0.15, 0.2) is 0 Å². The molecule has 5 nitrogen and oxygen atoms in total. The zero-order valence-electron chi connectivity index (χ0n) is 10.7. The lowest BCUT2D eigenvalue weighted by Gasteiger charge is -2.04. The van der Waals surface area contributed by atoms with Gasteiger partial charge in [0, 0.05) is 0 Å². The molecule has 2 heterocycles. The van der Waals surface area contributed by atoms with Crippen molar-refractivity contribution in [3.05, 3.63) is 70.6 Å². The molecule has 0 aliphatic heterocycles. The maximum absolute atomic E-state index is 11.9. The summed E-state index contributed by atoms with van der Waals surface area (Å²) in [7, 11) is 0. The summed E-state index contributed by atoms with van der Waals surface area (Å²) in [5, 5.41) is 6.65. The molecule has 0 atom stereocenters. The van der Waals surface area contributed by atoms with Gasteiger partial charge in [0.2, 0.25) is 5.78 Å². The fourth-order valence-electron chi connectivity index (χ4n) is 2.60. The summed E-state index contributed by atoms with van der Waals surface area (Å²) >= 11 is 0. The Morgan fingerprint density at radius 2 is 1.65 bits per heavy atom. The molecule has 98 valence electrons. The van der Waals surface area contributed by atoms with E-state index in [1.165, 1.54) is 5.56 Å². The van der Waals surface area contributed by atoms with Crippen LogP contribution < -0.4 is 5.69 Å². The van der Waals surface area contributed by atoms with Crippen LogP contribution in [0.1, 0.15) is 5.56 Å². The van der Waals surface area contributed by atoms with Crippen LogP contribution in [-0.4, -0.2) is 19.2 Å². The highest BCUT2D eigenvalue weighted by atomic mass is 16.1. The summed E-state index contributed by atoms with van der Waals surface area (Å²) in [4.78, 5) is 11.9. The predicted molar refractivity (Wildman–Crippen MR) is 76.9 cm³/mol. The molecule has 0 bridgehead atoms. The summed E-state index contributed by atoms with van der Waals surface area (Å²) in [6.45, 7) is 0.683. The number of H-pyrrole nitrogens is 1. The van der Waals surface area contributed by atoms with Gasteiger partial charge in [-0.05, 0) is 17.7 Å². The topological polar surface area (TPSA) is 55.1 Å². The predicted octanol–water partition coefficient (Wildman–Crippen LogP) is 2.03. The lowest BCUT2D eigenvalue weighted by molar-refractivity contribution is 0.839. The summed E-state index contributed by atoms with van der Waals surface area (Å²) in [5.74, 6) is 0.639. The Kier molecular flexibility index (Phi) is 2.26. The zero-order chi connectivity index (χ0) is 13.5. The molecule has 0 unspecified atom stereocenters. The number of hydrogen-bond acceptors (Lipinski definition) is 2. The van der Waals surface area contributed by atoms with Crippen LogP contribution in [0.3, 0.4) is 0 Å². The van der Waals surface area contributed by atoms with Crippen LogP contribution in [0.15, 0.2) is 59.4 Å². The third-order valence-electron chi connectivity index (χ3n) is 3.49. The Bertz CT molecular complexity index is 946. The first-order chi connectivity index (χ1) is 9.84. The van der Waals surface area contributed by atoms with Crippen LogP contribution in [0.2, 0.25) is 0 Å². The normalized spacial score (nSPS) is 11.4. The second-order valence-corrected chi connectivity index (χ2v) is 4.72. The van der Waals surface area contributed by atoms with Crippen LogP contribution in [0.4, 0.5) is 0 Å². The van der Waals surface area contributed by atoms with Crippen LogP contribution in [0.25, 0.3) is 16.8 Å². The van der Waals surface area contributed by atoms with Gasteiger partial charge in [0.05, 0.1) is 17.6 Å². The highest BCUT2D eigenvalue weighted by Gasteiger charge is 2.13. The van der Waals surface area contributed by atoms with Gasteiger partial charge in [-0.1, -0.05) is 42.5 Å². The minimum absolute atomic E-state index is 0.206. The SMILES string of the molecule is O=c1[nH]nc2n(Cc3ccccc3)c3ccccc3n12. The van der Waals surface area contributed by atoms with Crippen LogP contribution >= 0.6 is 0 Å². The third kappa shape index (κ3) is 1.50. The number of rotatable bonds is 2. The molecular formula is C15H12N4O. The van der Waals surface area contributed by atoms with Crippen molar-refractivity contribution in [2.75, 3.05) is 0 Å². The van der Waals surface area contributed by atoms with E-state index in [9.17, 15) is 4.79 Å². The van der Waals surface area contributed by atoms with Gasteiger partial charge >= 0.3 is 5.69 Å². The maximum atomic E-state index is 11.9. The van der Waals surface area contributed by atoms with Crippen LogP contribution in [0.5, 0.6) is 0 Å². The number of benzene rings is 2. The minimum Gasteiger partial charge on any atom is -0.304 e. The van der Waals surface area contributed by atoms with E-state index in [0.29, 0.717) is 12.3 Å².